The first-order valence-electron chi connectivity index (χ1n) is 3.10. The van der Waals surface area contributed by atoms with E-state index in [-0.39, 0.29) is 21.6 Å². The lowest BCUT2D eigenvalue weighted by Crippen LogP contribution is -2.24. The van der Waals surface area contributed by atoms with Crippen molar-refractivity contribution in [2.45, 2.75) is 0 Å². The van der Waals surface area contributed by atoms with Gasteiger partial charge in [-0.05, 0) is 0 Å². The first-order valence-corrected chi connectivity index (χ1v) is 3.10. The number of hydrogen-bond donors (Lipinski definition) is 2. The molecule has 0 aliphatic rings. The molecule has 70 valence electrons. The van der Waals surface area contributed by atoms with E-state index in [2.05, 4.69) is 15.0 Å². The number of nitrogens with zero attached hydrogens (tertiary/aromatic N) is 3. The molecule has 6 nitrogen and oxygen atoms in total. The van der Waals surface area contributed by atoms with Crippen molar-refractivity contribution < 1.29 is 4.79 Å². The van der Waals surface area contributed by atoms with Crippen LogP contribution in [0.2, 0.25) is 0 Å². The second kappa shape index (κ2) is 5.16. The zero-order chi connectivity index (χ0) is 8.97. The third kappa shape index (κ3) is 3.57. The summed E-state index contributed by atoms with van der Waals surface area (Å²) in [4.78, 5) is 21.7. The number of carbonyl (C=O) groups excluding carboxylic acids is 1. The number of carbonyl (C=O) groups is 1. The van der Waals surface area contributed by atoms with E-state index in [9.17, 15) is 4.79 Å². The second-order valence-electron chi connectivity index (χ2n) is 1.93. The van der Waals surface area contributed by atoms with Crippen LogP contribution in [0.25, 0.3) is 0 Å². The van der Waals surface area contributed by atoms with Crippen molar-refractivity contribution in [3.8, 4) is 0 Å². The largest absolute Gasteiger partial charge is 0.370 e. The molecule has 0 saturated carbocycles. The summed E-state index contributed by atoms with van der Waals surface area (Å²) in [5.74, 6) is -0.881. The van der Waals surface area contributed by atoms with Crippen molar-refractivity contribution in [1.82, 2.24) is 9.97 Å². The van der Waals surface area contributed by atoms with E-state index in [4.69, 9.17) is 11.5 Å². The van der Waals surface area contributed by atoms with E-state index in [1.807, 2.05) is 0 Å². The van der Waals surface area contributed by atoms with Crippen LogP contribution in [0, 0.1) is 0 Å². The topological polar surface area (TPSA) is 107 Å². The van der Waals surface area contributed by atoms with Crippen molar-refractivity contribution in [3.05, 3.63) is 24.3 Å². The highest BCUT2D eigenvalue weighted by Crippen LogP contribution is 1.92. The monoisotopic (exact) mass is 199 g/mol. The molecule has 0 fully saturated rings. The zero-order valence-corrected chi connectivity index (χ0v) is 8.26. The van der Waals surface area contributed by atoms with Crippen LogP contribution in [-0.4, -0.2) is 21.8 Å². The van der Waals surface area contributed by atoms with Gasteiger partial charge in [-0.3, -0.25) is 9.78 Å². The van der Waals surface area contributed by atoms with Gasteiger partial charge in [-0.1, -0.05) is 0 Å². The van der Waals surface area contributed by atoms with E-state index in [0.717, 1.165) is 0 Å². The molecule has 7 heteroatoms. The summed E-state index contributed by atoms with van der Waals surface area (Å²) in [6.07, 6.45) is 4.12. The molecule has 1 atom stereocenters. The Morgan fingerprint density at radius 3 is 2.54 bits per heavy atom. The number of nitrogens with two attached hydrogens (primary N) is 2. The van der Waals surface area contributed by atoms with Crippen LogP contribution >= 0.6 is 9.90 Å². The van der Waals surface area contributed by atoms with Crippen molar-refractivity contribution in [2.75, 3.05) is 0 Å². The lowest BCUT2D eigenvalue weighted by molar-refractivity contribution is 0.0997. The van der Waals surface area contributed by atoms with Gasteiger partial charge in [-0.2, -0.15) is 14.9 Å². The van der Waals surface area contributed by atoms with Crippen LogP contribution in [0.4, 0.5) is 0 Å². The van der Waals surface area contributed by atoms with Crippen LogP contribution in [0.5, 0.6) is 0 Å². The molecule has 0 aliphatic heterocycles. The molecule has 1 amide bonds. The number of amides is 1. The first kappa shape index (κ1) is 11.4. The Kier molecular flexibility index (Phi) is 4.54. The molecule has 0 spiro atoms. The van der Waals surface area contributed by atoms with Gasteiger partial charge in [0.2, 0.25) is 0 Å². The number of rotatable bonds is 1. The van der Waals surface area contributed by atoms with Gasteiger partial charge in [0, 0.05) is 12.4 Å². The highest BCUT2D eigenvalue weighted by atomic mass is 31.0. The molecule has 0 aliphatic carbocycles. The second-order valence-corrected chi connectivity index (χ2v) is 1.93. The normalized spacial score (nSPS) is 8.31. The number of aromatic nitrogens is 2. The lowest BCUT2D eigenvalue weighted by Gasteiger charge is -1.92. The van der Waals surface area contributed by atoms with Gasteiger partial charge in [0.15, 0.2) is 5.96 Å². The molecule has 0 saturated heterocycles. The fourth-order valence-corrected chi connectivity index (χ4v) is 0.584. The van der Waals surface area contributed by atoms with E-state index in [0.29, 0.717) is 0 Å². The molecule has 13 heavy (non-hydrogen) atoms. The molecule has 1 rings (SSSR count). The smallest absolute Gasteiger partial charge is 0.300 e. The van der Waals surface area contributed by atoms with Gasteiger partial charge in [-0.15, -0.1) is 0 Å². The SMILES string of the molecule is NC(N)=NC(=O)c1cnccn1.P. The van der Waals surface area contributed by atoms with Crippen LogP contribution in [-0.2, 0) is 0 Å². The predicted molar refractivity (Wildman–Crippen MR) is 53.3 cm³/mol. The van der Waals surface area contributed by atoms with Crippen LogP contribution in [0.3, 0.4) is 0 Å². The van der Waals surface area contributed by atoms with E-state index in [1.54, 1.807) is 0 Å². The van der Waals surface area contributed by atoms with Crippen molar-refractivity contribution in [3.63, 3.8) is 0 Å². The summed E-state index contributed by atoms with van der Waals surface area (Å²) < 4.78 is 0. The fraction of sp³-hybridized carbons (Fsp3) is 0. The molecule has 4 N–H and O–H groups in total. The molecule has 0 bridgehead atoms. The summed E-state index contributed by atoms with van der Waals surface area (Å²) >= 11 is 0. The van der Waals surface area contributed by atoms with Gasteiger partial charge in [0.25, 0.3) is 5.91 Å². The van der Waals surface area contributed by atoms with Gasteiger partial charge in [0.05, 0.1) is 6.20 Å². The standard InChI is InChI=1S/C6H7N5O.H3P/c7-6(8)11-5(12)4-3-9-1-2-10-4;/h1-3H,(H4,7,8,11,12);1H3. The Morgan fingerprint density at radius 1 is 1.38 bits per heavy atom. The van der Waals surface area contributed by atoms with E-state index < -0.39 is 5.91 Å². The van der Waals surface area contributed by atoms with Gasteiger partial charge < -0.3 is 11.5 Å². The minimum Gasteiger partial charge on any atom is -0.370 e. The Balaban J connectivity index is 0.00000144. The summed E-state index contributed by atoms with van der Waals surface area (Å²) in [5.41, 5.74) is 10.1. The molecular formula is C6H10N5OP. The third-order valence-corrected chi connectivity index (χ3v) is 1.01. The Morgan fingerprint density at radius 2 is 2.08 bits per heavy atom. The lowest BCUT2D eigenvalue weighted by atomic mass is 10.4. The highest BCUT2D eigenvalue weighted by Gasteiger charge is 2.04. The first-order chi connectivity index (χ1) is 5.70. The Labute approximate surface area is 78.1 Å². The minimum absolute atomic E-state index is 0. The molecule has 0 radical (unpaired) electrons. The Bertz CT molecular complexity index is 308. The van der Waals surface area contributed by atoms with Crippen LogP contribution in [0.15, 0.2) is 23.6 Å². The quantitative estimate of drug-likeness (QED) is 0.341. The predicted octanol–water partition coefficient (Wildman–Crippen LogP) is -1.05. The average Bonchev–Trinajstić information content (AvgIpc) is 2.05. The molecule has 0 aromatic carbocycles. The molecular weight excluding hydrogens is 189 g/mol. The maximum absolute atomic E-state index is 11.0. The average molecular weight is 199 g/mol. The Hall–Kier alpha value is -1.55. The summed E-state index contributed by atoms with van der Waals surface area (Å²) in [5, 5.41) is 0. The van der Waals surface area contributed by atoms with Gasteiger partial charge in [-0.25, -0.2) is 4.98 Å². The minimum atomic E-state index is -0.594. The van der Waals surface area contributed by atoms with Crippen molar-refractivity contribution in [2.24, 2.45) is 16.5 Å². The molecule has 1 heterocycles. The number of guanidine groups is 1. The van der Waals surface area contributed by atoms with Crippen molar-refractivity contribution >= 4 is 21.8 Å². The van der Waals surface area contributed by atoms with Crippen molar-refractivity contribution in [1.29, 1.82) is 0 Å². The number of hydrogen-bond acceptors (Lipinski definition) is 3. The summed E-state index contributed by atoms with van der Waals surface area (Å²) in [7, 11) is 0. The van der Waals surface area contributed by atoms with Gasteiger partial charge >= 0.3 is 0 Å². The fourth-order valence-electron chi connectivity index (χ4n) is 0.584. The summed E-state index contributed by atoms with van der Waals surface area (Å²) in [6, 6.07) is 0. The zero-order valence-electron chi connectivity index (χ0n) is 6.84. The maximum Gasteiger partial charge on any atom is 0.300 e. The van der Waals surface area contributed by atoms with Crippen LogP contribution < -0.4 is 11.5 Å². The van der Waals surface area contributed by atoms with Gasteiger partial charge in [0.1, 0.15) is 5.69 Å². The third-order valence-electron chi connectivity index (χ3n) is 1.01. The highest BCUT2D eigenvalue weighted by molar-refractivity contribution is 6.92. The van der Waals surface area contributed by atoms with E-state index >= 15 is 0 Å². The maximum atomic E-state index is 11.0. The van der Waals surface area contributed by atoms with Crippen LogP contribution in [0.1, 0.15) is 10.5 Å². The number of aliphatic imine (C=N–C) groups is 1. The molecule has 1 aromatic heterocycles. The molecule has 1 unspecified atom stereocenters. The summed E-state index contributed by atoms with van der Waals surface area (Å²) in [6.45, 7) is 0. The molecule has 1 aromatic rings. The van der Waals surface area contributed by atoms with E-state index in [1.165, 1.54) is 18.6 Å².